The number of ether oxygens (including phenoxy) is 6. The molecule has 19 heteroatoms. The van der Waals surface area contributed by atoms with Crippen LogP contribution in [0.3, 0.4) is 0 Å². The van der Waals surface area contributed by atoms with Gasteiger partial charge < -0.3 is 89.9 Å². The number of hydrogen-bond donors (Lipinski definition) is 12. The number of aliphatic hydroxyl groups is 11. The highest BCUT2D eigenvalue weighted by atomic mass is 16.8. The average Bonchev–Trinajstić information content (AvgIpc) is 3.57. The van der Waals surface area contributed by atoms with Crippen LogP contribution in [0, 0.1) is 0 Å². The van der Waals surface area contributed by atoms with E-state index in [1.807, 2.05) is 6.08 Å². The molecule has 17 atom stereocenters. The minimum atomic E-state index is -1.98. The highest BCUT2D eigenvalue weighted by molar-refractivity contribution is 5.76. The molecule has 1 amide bonds. The Hall–Kier alpha value is -2.51. The van der Waals surface area contributed by atoms with Crippen molar-refractivity contribution in [3.05, 3.63) is 60.8 Å². The number of unbranched alkanes of at least 4 members (excludes halogenated alkanes) is 21. The number of hydrogen-bond acceptors (Lipinski definition) is 18. The van der Waals surface area contributed by atoms with Crippen molar-refractivity contribution in [1.82, 2.24) is 5.32 Å². The van der Waals surface area contributed by atoms with E-state index in [1.165, 1.54) is 96.3 Å². The SMILES string of the molecule is CCCCCCC/C=C\C/C=C\C/C=C\CCCCCCCCCCC(=O)NC(COC1OC(CO)C(OC2OC(CO)C(OC3OC(CO)C(O)C(O)C3O)C(O)C2O)C(O)C1O)C(O)/C=C/CC/C=C/CCCCCCCCC. The van der Waals surface area contributed by atoms with Gasteiger partial charge in [0.15, 0.2) is 18.9 Å². The van der Waals surface area contributed by atoms with Gasteiger partial charge >= 0.3 is 0 Å². The molecule has 3 fully saturated rings. The molecule has 3 rings (SSSR count). The number of amides is 1. The van der Waals surface area contributed by atoms with Crippen LogP contribution in [0.4, 0.5) is 0 Å². The molecule has 0 aromatic rings. The minimum absolute atomic E-state index is 0.225. The molecule has 3 saturated heterocycles. The monoisotopic (exact) mass is 1160 g/mol. The molecule has 470 valence electrons. The van der Waals surface area contributed by atoms with Gasteiger partial charge in [0.25, 0.3) is 0 Å². The van der Waals surface area contributed by atoms with E-state index in [9.17, 15) is 61.0 Å². The highest BCUT2D eigenvalue weighted by Gasteiger charge is 2.53. The van der Waals surface area contributed by atoms with E-state index < -0.39 is 124 Å². The Morgan fingerprint density at radius 2 is 0.827 bits per heavy atom. The van der Waals surface area contributed by atoms with Gasteiger partial charge in [-0.2, -0.15) is 0 Å². The van der Waals surface area contributed by atoms with E-state index in [-0.39, 0.29) is 18.9 Å². The first kappa shape index (κ1) is 72.7. The van der Waals surface area contributed by atoms with Crippen LogP contribution >= 0.6 is 0 Å². The smallest absolute Gasteiger partial charge is 0.220 e. The number of nitrogens with one attached hydrogen (secondary N) is 1. The molecule has 0 radical (unpaired) electrons. The lowest BCUT2D eigenvalue weighted by Gasteiger charge is -2.48. The molecule has 0 saturated carbocycles. The first-order valence-electron chi connectivity index (χ1n) is 31.0. The van der Waals surface area contributed by atoms with Crippen LogP contribution in [0.25, 0.3) is 0 Å². The lowest BCUT2D eigenvalue weighted by molar-refractivity contribution is -0.379. The zero-order valence-corrected chi connectivity index (χ0v) is 49.0. The maximum Gasteiger partial charge on any atom is 0.220 e. The maximum absolute atomic E-state index is 13.3. The summed E-state index contributed by atoms with van der Waals surface area (Å²) in [6.45, 7) is 1.66. The Labute approximate surface area is 484 Å². The summed E-state index contributed by atoms with van der Waals surface area (Å²) in [5.74, 6) is -0.296. The Bertz CT molecular complexity index is 1710. The van der Waals surface area contributed by atoms with Gasteiger partial charge in [-0.05, 0) is 70.6 Å². The highest BCUT2D eigenvalue weighted by Crippen LogP contribution is 2.33. The van der Waals surface area contributed by atoms with Crippen molar-refractivity contribution in [1.29, 1.82) is 0 Å². The average molecular weight is 1160 g/mol. The van der Waals surface area contributed by atoms with Crippen molar-refractivity contribution in [2.45, 2.75) is 298 Å². The zero-order valence-electron chi connectivity index (χ0n) is 49.0. The van der Waals surface area contributed by atoms with E-state index in [4.69, 9.17) is 28.4 Å². The van der Waals surface area contributed by atoms with Crippen LogP contribution in [0.2, 0.25) is 0 Å². The van der Waals surface area contributed by atoms with E-state index in [0.29, 0.717) is 12.8 Å². The lowest BCUT2D eigenvalue weighted by atomic mass is 9.96. The standard InChI is InChI=1S/C62H109NO18/c1-3-5-7-9-11-13-15-17-18-19-20-21-22-23-24-25-26-28-30-32-34-36-38-40-50(68)63-45(46(67)39-37-35-33-31-29-27-16-14-12-10-8-6-4-2)44-76-60-56(74)53(71)58(48(42-65)78-60)81-62-57(75)54(72)59(49(43-66)79-62)80-61-55(73)52(70)51(69)47(41-64)77-61/h15,17,19-20,22-23,29,31,37,39,45-49,51-62,64-67,69-75H,3-14,16,18,21,24-28,30,32-36,38,40-44H2,1-2H3,(H,63,68)/b17-15-,20-19-,23-22-,31-29+,39-37+. The van der Waals surface area contributed by atoms with Gasteiger partial charge in [-0.3, -0.25) is 4.79 Å². The van der Waals surface area contributed by atoms with Crippen LogP contribution in [-0.2, 0) is 33.2 Å². The second-order valence-electron chi connectivity index (χ2n) is 22.2. The fourth-order valence-corrected chi connectivity index (χ4v) is 10.2. The lowest BCUT2D eigenvalue weighted by Crippen LogP contribution is -2.66. The molecular formula is C62H109NO18. The predicted octanol–water partition coefficient (Wildman–Crippen LogP) is 6.04. The third-order valence-corrected chi connectivity index (χ3v) is 15.3. The molecular weight excluding hydrogens is 1050 g/mol. The molecule has 17 unspecified atom stereocenters. The van der Waals surface area contributed by atoms with Crippen LogP contribution < -0.4 is 5.32 Å². The summed E-state index contributed by atoms with van der Waals surface area (Å²) in [5.41, 5.74) is 0. The minimum Gasteiger partial charge on any atom is -0.394 e. The topological polar surface area (TPSA) is 307 Å². The number of allylic oxidation sites excluding steroid dienone is 9. The second-order valence-corrected chi connectivity index (χ2v) is 22.2. The predicted molar refractivity (Wildman–Crippen MR) is 309 cm³/mol. The van der Waals surface area contributed by atoms with Gasteiger partial charge in [0.05, 0.1) is 38.6 Å². The summed E-state index contributed by atoms with van der Waals surface area (Å²) < 4.78 is 34.2. The summed E-state index contributed by atoms with van der Waals surface area (Å²) in [7, 11) is 0. The van der Waals surface area contributed by atoms with Gasteiger partial charge in [-0.1, -0.05) is 177 Å². The fraction of sp³-hybridized carbons (Fsp3) is 0.823. The van der Waals surface area contributed by atoms with Crippen molar-refractivity contribution in [2.75, 3.05) is 26.4 Å². The molecule has 0 bridgehead atoms. The van der Waals surface area contributed by atoms with Gasteiger partial charge in [-0.15, -0.1) is 0 Å². The van der Waals surface area contributed by atoms with Gasteiger partial charge in [0.2, 0.25) is 5.91 Å². The molecule has 0 aromatic carbocycles. The number of rotatable bonds is 45. The summed E-state index contributed by atoms with van der Waals surface area (Å²) in [6, 6.07) is -0.995. The van der Waals surface area contributed by atoms with Crippen LogP contribution in [0.15, 0.2) is 60.8 Å². The molecule has 0 aliphatic carbocycles. The van der Waals surface area contributed by atoms with Crippen LogP contribution in [0.1, 0.15) is 194 Å². The summed E-state index contributed by atoms with van der Waals surface area (Å²) in [5, 5.41) is 120. The van der Waals surface area contributed by atoms with Crippen molar-refractivity contribution in [2.24, 2.45) is 0 Å². The molecule has 12 N–H and O–H groups in total. The van der Waals surface area contributed by atoms with Crippen molar-refractivity contribution >= 4 is 5.91 Å². The molecule has 19 nitrogen and oxygen atoms in total. The number of aliphatic hydroxyl groups excluding tert-OH is 11. The maximum atomic E-state index is 13.3. The first-order valence-corrected chi connectivity index (χ1v) is 31.0. The van der Waals surface area contributed by atoms with E-state index in [2.05, 4.69) is 67.8 Å². The van der Waals surface area contributed by atoms with Gasteiger partial charge in [-0.25, -0.2) is 0 Å². The van der Waals surface area contributed by atoms with E-state index in [0.717, 1.165) is 64.2 Å². The third-order valence-electron chi connectivity index (χ3n) is 15.3. The number of carbonyl (C=O) groups excluding carboxylic acids is 1. The third kappa shape index (κ3) is 28.5. The van der Waals surface area contributed by atoms with Crippen LogP contribution in [0.5, 0.6) is 0 Å². The fourth-order valence-electron chi connectivity index (χ4n) is 10.2. The Balaban J connectivity index is 1.48. The van der Waals surface area contributed by atoms with Crippen molar-refractivity contribution in [3.63, 3.8) is 0 Å². The van der Waals surface area contributed by atoms with Crippen LogP contribution in [-0.4, -0.2) is 193 Å². The van der Waals surface area contributed by atoms with Gasteiger partial charge in [0, 0.05) is 6.42 Å². The second kappa shape index (κ2) is 44.9. The summed E-state index contributed by atoms with van der Waals surface area (Å²) in [4.78, 5) is 13.3. The molecule has 0 aromatic heterocycles. The molecule has 81 heavy (non-hydrogen) atoms. The number of carbonyl (C=O) groups is 1. The normalized spacial score (nSPS) is 30.2. The zero-order chi connectivity index (χ0) is 59.0. The van der Waals surface area contributed by atoms with Crippen molar-refractivity contribution < 1.29 is 89.4 Å². The Morgan fingerprint density at radius 3 is 1.32 bits per heavy atom. The van der Waals surface area contributed by atoms with Gasteiger partial charge in [0.1, 0.15) is 73.2 Å². The summed E-state index contributed by atoms with van der Waals surface area (Å²) >= 11 is 0. The molecule has 3 heterocycles. The quantitative estimate of drug-likeness (QED) is 0.0244. The van der Waals surface area contributed by atoms with Crippen molar-refractivity contribution in [3.8, 4) is 0 Å². The molecule has 0 spiro atoms. The largest absolute Gasteiger partial charge is 0.394 e. The Kier molecular flexibility index (Phi) is 40.3. The van der Waals surface area contributed by atoms with E-state index in [1.54, 1.807) is 6.08 Å². The summed E-state index contributed by atoms with van der Waals surface area (Å²) in [6.07, 6.45) is 24.9. The van der Waals surface area contributed by atoms with E-state index >= 15 is 0 Å². The Morgan fingerprint density at radius 1 is 0.444 bits per heavy atom. The molecule has 3 aliphatic heterocycles. The molecule has 3 aliphatic rings. The first-order chi connectivity index (χ1) is 39.3.